The first-order chi connectivity index (χ1) is 12.1. The Morgan fingerprint density at radius 2 is 1.80 bits per heavy atom. The van der Waals surface area contributed by atoms with Gasteiger partial charge in [0.1, 0.15) is 5.75 Å². The van der Waals surface area contributed by atoms with Gasteiger partial charge in [0.05, 0.1) is 0 Å². The molecule has 0 saturated carbocycles. The molecule has 0 bridgehead atoms. The van der Waals surface area contributed by atoms with E-state index in [1.807, 2.05) is 49.4 Å². The van der Waals surface area contributed by atoms with Gasteiger partial charge in [-0.05, 0) is 30.1 Å². The molecule has 2 aromatic carbocycles. The van der Waals surface area contributed by atoms with Crippen molar-refractivity contribution in [3.8, 4) is 5.75 Å². The summed E-state index contributed by atoms with van der Waals surface area (Å²) in [6, 6.07) is 13.4. The van der Waals surface area contributed by atoms with E-state index in [9.17, 15) is 9.59 Å². The van der Waals surface area contributed by atoms with Crippen molar-refractivity contribution < 1.29 is 14.3 Å². The Morgan fingerprint density at radius 1 is 1.04 bits per heavy atom. The van der Waals surface area contributed by atoms with E-state index in [4.69, 9.17) is 17.0 Å². The van der Waals surface area contributed by atoms with Gasteiger partial charge >= 0.3 is 0 Å². The van der Waals surface area contributed by atoms with Gasteiger partial charge in [-0.2, -0.15) is 0 Å². The summed E-state index contributed by atoms with van der Waals surface area (Å²) in [4.78, 5) is 23.4. The molecule has 0 saturated heterocycles. The molecule has 25 heavy (non-hydrogen) atoms. The Hall–Kier alpha value is -2.67. The van der Waals surface area contributed by atoms with Gasteiger partial charge in [0, 0.05) is 11.8 Å². The first-order valence-electron chi connectivity index (χ1n) is 8.09. The fourth-order valence-corrected chi connectivity index (χ4v) is 2.35. The second kappa shape index (κ2) is 9.58. The number of fused-ring (bicyclic) bond motifs is 1. The van der Waals surface area contributed by atoms with Crippen molar-refractivity contribution >= 4 is 39.9 Å². The molecule has 0 radical (unpaired) electrons. The van der Waals surface area contributed by atoms with Crippen molar-refractivity contribution in [3.05, 3.63) is 42.5 Å². The van der Waals surface area contributed by atoms with Crippen LogP contribution < -0.4 is 20.9 Å². The fourth-order valence-electron chi connectivity index (χ4n) is 2.19. The number of carbonyl (C=O) groups excluding carboxylic acids is 2. The van der Waals surface area contributed by atoms with Gasteiger partial charge in [-0.25, -0.2) is 0 Å². The number of thiocarbonyl (C=S) groups is 1. The Labute approximate surface area is 151 Å². The Morgan fingerprint density at radius 3 is 2.60 bits per heavy atom. The summed E-state index contributed by atoms with van der Waals surface area (Å²) in [5.41, 5.74) is 4.88. The van der Waals surface area contributed by atoms with Crippen molar-refractivity contribution in [2.75, 3.05) is 6.61 Å². The SMILES string of the molecule is CCCCC(=O)NC(=S)NNC(=O)COc1cccc2ccccc12. The van der Waals surface area contributed by atoms with Crippen molar-refractivity contribution in [1.29, 1.82) is 0 Å². The lowest BCUT2D eigenvalue weighted by Crippen LogP contribution is -2.49. The van der Waals surface area contributed by atoms with E-state index in [2.05, 4.69) is 16.2 Å². The number of hydrogen-bond donors (Lipinski definition) is 3. The Balaban J connectivity index is 1.77. The first-order valence-corrected chi connectivity index (χ1v) is 8.50. The van der Waals surface area contributed by atoms with Crippen LogP contribution in [0.1, 0.15) is 26.2 Å². The van der Waals surface area contributed by atoms with Crippen LogP contribution in [0.25, 0.3) is 10.8 Å². The third kappa shape index (κ3) is 6.04. The lowest BCUT2D eigenvalue weighted by Gasteiger charge is -2.12. The highest BCUT2D eigenvalue weighted by Crippen LogP contribution is 2.24. The van der Waals surface area contributed by atoms with Crippen LogP contribution in [0.5, 0.6) is 5.75 Å². The zero-order valence-corrected chi connectivity index (χ0v) is 14.8. The molecule has 3 N–H and O–H groups in total. The highest BCUT2D eigenvalue weighted by molar-refractivity contribution is 7.80. The summed E-state index contributed by atoms with van der Waals surface area (Å²) in [6.45, 7) is 1.83. The standard InChI is InChI=1S/C18H21N3O3S/c1-2-3-11-16(22)19-18(25)21-20-17(23)12-24-15-10-6-8-13-7-4-5-9-14(13)15/h4-10H,2-3,11-12H2,1H3,(H,20,23)(H2,19,21,22,25). The van der Waals surface area contributed by atoms with E-state index in [1.165, 1.54) is 0 Å². The molecule has 0 fully saturated rings. The smallest absolute Gasteiger partial charge is 0.276 e. The lowest BCUT2D eigenvalue weighted by atomic mass is 10.1. The zero-order valence-electron chi connectivity index (χ0n) is 14.0. The maximum absolute atomic E-state index is 11.8. The van der Waals surface area contributed by atoms with Gasteiger partial charge in [0.15, 0.2) is 11.7 Å². The van der Waals surface area contributed by atoms with Crippen molar-refractivity contribution in [2.45, 2.75) is 26.2 Å². The Kier molecular flexibility index (Phi) is 7.16. The predicted octanol–water partition coefficient (Wildman–Crippen LogP) is 2.43. The molecule has 0 aliphatic heterocycles. The quantitative estimate of drug-likeness (QED) is 0.545. The average molecular weight is 359 g/mol. The lowest BCUT2D eigenvalue weighted by molar-refractivity contribution is -0.124. The van der Waals surface area contributed by atoms with E-state index < -0.39 is 5.91 Å². The van der Waals surface area contributed by atoms with Crippen LogP contribution in [0.3, 0.4) is 0 Å². The molecule has 2 rings (SSSR count). The van der Waals surface area contributed by atoms with Crippen LogP contribution in [0.2, 0.25) is 0 Å². The molecule has 0 aromatic heterocycles. The minimum absolute atomic E-state index is 0.0552. The van der Waals surface area contributed by atoms with Crippen molar-refractivity contribution in [1.82, 2.24) is 16.2 Å². The highest BCUT2D eigenvalue weighted by Gasteiger charge is 2.07. The monoisotopic (exact) mass is 359 g/mol. The summed E-state index contributed by atoms with van der Waals surface area (Å²) < 4.78 is 5.56. The molecule has 7 heteroatoms. The number of ether oxygens (including phenoxy) is 1. The molecule has 132 valence electrons. The largest absolute Gasteiger partial charge is 0.483 e. The van der Waals surface area contributed by atoms with E-state index in [0.717, 1.165) is 23.6 Å². The van der Waals surface area contributed by atoms with Gasteiger partial charge in [-0.15, -0.1) is 0 Å². The molecular formula is C18H21N3O3S. The van der Waals surface area contributed by atoms with Crippen LogP contribution in [-0.4, -0.2) is 23.5 Å². The number of unbranched alkanes of at least 4 members (excludes halogenated alkanes) is 1. The zero-order chi connectivity index (χ0) is 18.1. The van der Waals surface area contributed by atoms with Gasteiger partial charge in [-0.3, -0.25) is 20.4 Å². The van der Waals surface area contributed by atoms with Gasteiger partial charge in [0.2, 0.25) is 5.91 Å². The molecule has 0 spiro atoms. The third-order valence-electron chi connectivity index (χ3n) is 3.43. The summed E-state index contributed by atoms with van der Waals surface area (Å²) >= 11 is 4.94. The first kappa shape index (κ1) is 18.7. The minimum atomic E-state index is -0.405. The van der Waals surface area contributed by atoms with Gasteiger partial charge in [-0.1, -0.05) is 49.7 Å². The molecule has 0 atom stereocenters. The van der Waals surface area contributed by atoms with Crippen LogP contribution in [0.4, 0.5) is 0 Å². The van der Waals surface area contributed by atoms with Crippen LogP contribution >= 0.6 is 12.2 Å². The Bertz CT molecular complexity index is 759. The van der Waals surface area contributed by atoms with E-state index in [-0.39, 0.29) is 17.6 Å². The summed E-state index contributed by atoms with van der Waals surface area (Å²) in [7, 11) is 0. The molecule has 2 aromatic rings. The number of hydrazine groups is 1. The third-order valence-corrected chi connectivity index (χ3v) is 3.64. The number of amides is 2. The predicted molar refractivity (Wildman–Crippen MR) is 101 cm³/mol. The number of carbonyl (C=O) groups is 2. The second-order valence-electron chi connectivity index (χ2n) is 5.42. The molecule has 0 aliphatic rings. The number of benzene rings is 2. The van der Waals surface area contributed by atoms with Crippen LogP contribution in [-0.2, 0) is 9.59 Å². The van der Waals surface area contributed by atoms with E-state index in [0.29, 0.717) is 12.2 Å². The topological polar surface area (TPSA) is 79.5 Å². The molecule has 0 aliphatic carbocycles. The molecule has 2 amide bonds. The van der Waals surface area contributed by atoms with Gasteiger partial charge < -0.3 is 10.1 Å². The van der Waals surface area contributed by atoms with Crippen LogP contribution in [0.15, 0.2) is 42.5 Å². The van der Waals surface area contributed by atoms with Gasteiger partial charge in [0.25, 0.3) is 5.91 Å². The molecule has 6 nitrogen and oxygen atoms in total. The summed E-state index contributed by atoms with van der Waals surface area (Å²) in [6.07, 6.45) is 2.12. The van der Waals surface area contributed by atoms with Crippen molar-refractivity contribution in [3.63, 3.8) is 0 Å². The van der Waals surface area contributed by atoms with Crippen molar-refractivity contribution in [2.24, 2.45) is 0 Å². The maximum Gasteiger partial charge on any atom is 0.276 e. The van der Waals surface area contributed by atoms with E-state index in [1.54, 1.807) is 0 Å². The highest BCUT2D eigenvalue weighted by atomic mass is 32.1. The molecule has 0 unspecified atom stereocenters. The van der Waals surface area contributed by atoms with Crippen LogP contribution in [0, 0.1) is 0 Å². The fraction of sp³-hybridized carbons (Fsp3) is 0.278. The number of rotatable bonds is 6. The minimum Gasteiger partial charge on any atom is -0.483 e. The summed E-state index contributed by atoms with van der Waals surface area (Å²) in [5.74, 6) is 0.0439. The average Bonchev–Trinajstić information content (AvgIpc) is 2.63. The number of hydrogen-bond acceptors (Lipinski definition) is 4. The van der Waals surface area contributed by atoms with E-state index >= 15 is 0 Å². The molecule has 0 heterocycles. The second-order valence-corrected chi connectivity index (χ2v) is 5.83. The maximum atomic E-state index is 11.8. The summed E-state index contributed by atoms with van der Waals surface area (Å²) in [5, 5.41) is 4.52. The number of nitrogens with one attached hydrogen (secondary N) is 3. The normalized spacial score (nSPS) is 10.1. The molecular weight excluding hydrogens is 338 g/mol.